The van der Waals surface area contributed by atoms with E-state index in [9.17, 15) is 0 Å². The Bertz CT molecular complexity index is 647. The number of hydrogen-bond donors (Lipinski definition) is 0. The molecule has 0 aliphatic carbocycles. The van der Waals surface area contributed by atoms with Crippen LogP contribution in [0.1, 0.15) is 65.6 Å². The number of benzene rings is 1. The molecule has 1 heterocycles. The minimum atomic E-state index is 0.995. The maximum absolute atomic E-state index is 6.07. The maximum atomic E-state index is 6.07. The molecule has 0 amide bonds. The molecule has 0 saturated carbocycles. The summed E-state index contributed by atoms with van der Waals surface area (Å²) in [5.74, 6) is 1.12. The minimum Gasteiger partial charge on any atom is -0.455 e. The van der Waals surface area contributed by atoms with Crippen molar-refractivity contribution in [3.63, 3.8) is 0 Å². The van der Waals surface area contributed by atoms with Gasteiger partial charge in [-0.15, -0.1) is 0 Å². The van der Waals surface area contributed by atoms with E-state index < -0.39 is 0 Å². The number of quaternary nitrogens is 2. The quantitative estimate of drug-likeness (QED) is 0.276. The molecule has 0 unspecified atom stereocenters. The Morgan fingerprint density at radius 3 is 1.96 bits per heavy atom. The average Bonchev–Trinajstić information content (AvgIpc) is 3.12. The molecule has 3 heteroatoms. The van der Waals surface area contributed by atoms with Crippen LogP contribution in [0.25, 0.3) is 11.0 Å². The third-order valence-corrected chi connectivity index (χ3v) is 7.12. The summed E-state index contributed by atoms with van der Waals surface area (Å²) in [7, 11) is 2.38. The van der Waals surface area contributed by atoms with Crippen molar-refractivity contribution in [1.82, 2.24) is 0 Å². The number of unbranched alkanes of at least 4 members (excludes halogenated alkanes) is 4. The van der Waals surface area contributed by atoms with Gasteiger partial charge in [-0.25, -0.2) is 0 Å². The van der Waals surface area contributed by atoms with Gasteiger partial charge in [0, 0.05) is 5.39 Å². The molecule has 158 valence electrons. The lowest BCUT2D eigenvalue weighted by molar-refractivity contribution is -0.923. The Labute approximate surface area is 173 Å². The van der Waals surface area contributed by atoms with E-state index in [0.717, 1.165) is 28.9 Å². The van der Waals surface area contributed by atoms with E-state index in [1.54, 1.807) is 0 Å². The first-order valence-corrected chi connectivity index (χ1v) is 11.7. The third-order valence-electron chi connectivity index (χ3n) is 7.12. The van der Waals surface area contributed by atoms with Crippen LogP contribution in [-0.4, -0.2) is 55.3 Å². The average molecular weight is 389 g/mol. The van der Waals surface area contributed by atoms with Crippen molar-refractivity contribution in [3.05, 3.63) is 36.1 Å². The van der Waals surface area contributed by atoms with Crippen LogP contribution in [0.5, 0.6) is 0 Å². The molecule has 0 radical (unpaired) electrons. The molecule has 0 aliphatic rings. The Morgan fingerprint density at radius 1 is 0.750 bits per heavy atom. The number of nitrogens with zero attached hydrogens (tertiary/aromatic N) is 2. The molecule has 0 fully saturated rings. The SMILES string of the molecule is CC[N+](CC)(CC)CCCCCCC[N@+](C)(CC)Cc1cc2ccccc2o1. The lowest BCUT2D eigenvalue weighted by Gasteiger charge is -2.36. The number of hydrogen-bond acceptors (Lipinski definition) is 1. The highest BCUT2D eigenvalue weighted by molar-refractivity contribution is 5.77. The molecular weight excluding hydrogens is 344 g/mol. The summed E-state index contributed by atoms with van der Waals surface area (Å²) >= 11 is 0. The minimum absolute atomic E-state index is 0.995. The van der Waals surface area contributed by atoms with Gasteiger partial charge in [-0.3, -0.25) is 0 Å². The summed E-state index contributed by atoms with van der Waals surface area (Å²) < 4.78 is 8.44. The Kier molecular flexibility index (Phi) is 9.04. The fraction of sp³-hybridized carbons (Fsp3) is 0.680. The molecule has 0 aliphatic heterocycles. The zero-order chi connectivity index (χ0) is 20.5. The monoisotopic (exact) mass is 388 g/mol. The maximum Gasteiger partial charge on any atom is 0.159 e. The standard InChI is InChI=1S/C25H44N2O/c1-6-26(5,22-24-21-23-17-13-14-18-25(23)28-24)19-15-11-10-12-16-20-27(7-2,8-3)9-4/h13-14,17-18,21H,6-12,15-16,19-20,22H2,1-5H3/q+2/t26-/m0/s1. The van der Waals surface area contributed by atoms with Crippen LogP contribution < -0.4 is 0 Å². The van der Waals surface area contributed by atoms with Crippen LogP contribution in [0.15, 0.2) is 34.7 Å². The van der Waals surface area contributed by atoms with Crippen molar-refractivity contribution in [3.8, 4) is 0 Å². The van der Waals surface area contributed by atoms with Crippen molar-refractivity contribution < 1.29 is 13.4 Å². The summed E-state index contributed by atoms with van der Waals surface area (Å²) in [5, 5.41) is 1.22. The van der Waals surface area contributed by atoms with Crippen molar-refractivity contribution >= 4 is 11.0 Å². The van der Waals surface area contributed by atoms with Crippen molar-refractivity contribution in [1.29, 1.82) is 0 Å². The predicted octanol–water partition coefficient (Wildman–Crippen LogP) is 6.23. The van der Waals surface area contributed by atoms with Crippen molar-refractivity contribution in [2.75, 3.05) is 46.3 Å². The zero-order valence-corrected chi connectivity index (χ0v) is 19.2. The van der Waals surface area contributed by atoms with Crippen molar-refractivity contribution in [2.45, 2.75) is 66.3 Å². The first-order chi connectivity index (χ1) is 13.5. The van der Waals surface area contributed by atoms with Gasteiger partial charge in [-0.1, -0.05) is 24.6 Å². The zero-order valence-electron chi connectivity index (χ0n) is 19.2. The molecule has 0 saturated heterocycles. The molecule has 3 nitrogen and oxygen atoms in total. The molecule has 0 N–H and O–H groups in total. The van der Waals surface area contributed by atoms with Gasteiger partial charge in [-0.05, 0) is 65.5 Å². The van der Waals surface area contributed by atoms with E-state index in [0.29, 0.717) is 0 Å². The van der Waals surface area contributed by atoms with Gasteiger partial charge in [0.25, 0.3) is 0 Å². The first-order valence-electron chi connectivity index (χ1n) is 11.7. The predicted molar refractivity (Wildman–Crippen MR) is 121 cm³/mol. The highest BCUT2D eigenvalue weighted by Gasteiger charge is 2.22. The normalized spacial score (nSPS) is 14.5. The fourth-order valence-corrected chi connectivity index (χ4v) is 4.46. The van der Waals surface area contributed by atoms with E-state index in [1.807, 2.05) is 6.07 Å². The Morgan fingerprint density at radius 2 is 1.36 bits per heavy atom. The Hall–Kier alpha value is -1.32. The number of rotatable bonds is 14. The second kappa shape index (κ2) is 11.0. The van der Waals surface area contributed by atoms with Gasteiger partial charge in [0.1, 0.15) is 12.1 Å². The highest BCUT2D eigenvalue weighted by atomic mass is 16.3. The molecule has 1 aromatic heterocycles. The van der Waals surface area contributed by atoms with E-state index in [-0.39, 0.29) is 0 Å². The van der Waals surface area contributed by atoms with Gasteiger partial charge in [0.2, 0.25) is 0 Å². The third kappa shape index (κ3) is 6.35. The van der Waals surface area contributed by atoms with Crippen LogP contribution in [0.3, 0.4) is 0 Å². The van der Waals surface area contributed by atoms with Gasteiger partial charge in [0.15, 0.2) is 5.76 Å². The molecule has 0 spiro atoms. The largest absolute Gasteiger partial charge is 0.455 e. The fourth-order valence-electron chi connectivity index (χ4n) is 4.46. The van der Waals surface area contributed by atoms with Crippen LogP contribution in [0.2, 0.25) is 0 Å². The van der Waals surface area contributed by atoms with Gasteiger partial charge < -0.3 is 13.4 Å². The molecule has 1 aromatic carbocycles. The van der Waals surface area contributed by atoms with Crippen LogP contribution in [0.4, 0.5) is 0 Å². The summed E-state index contributed by atoms with van der Waals surface area (Å²) in [6.07, 6.45) is 6.83. The second-order valence-electron chi connectivity index (χ2n) is 8.85. The summed E-state index contributed by atoms with van der Waals surface area (Å²) in [6, 6.07) is 10.6. The molecule has 2 rings (SSSR count). The molecule has 28 heavy (non-hydrogen) atoms. The van der Waals surface area contributed by atoms with Gasteiger partial charge >= 0.3 is 0 Å². The van der Waals surface area contributed by atoms with Crippen LogP contribution in [-0.2, 0) is 6.54 Å². The van der Waals surface area contributed by atoms with Crippen molar-refractivity contribution in [2.24, 2.45) is 0 Å². The lowest BCUT2D eigenvalue weighted by atomic mass is 10.1. The summed E-state index contributed by atoms with van der Waals surface area (Å²) in [4.78, 5) is 0. The molecular formula is C25H44N2O+2. The highest BCUT2D eigenvalue weighted by Crippen LogP contribution is 2.22. The van der Waals surface area contributed by atoms with Crippen LogP contribution >= 0.6 is 0 Å². The first kappa shape index (κ1) is 23.0. The van der Waals surface area contributed by atoms with E-state index in [1.165, 1.54) is 74.7 Å². The lowest BCUT2D eigenvalue weighted by Crippen LogP contribution is -2.48. The molecule has 1 atom stereocenters. The van der Waals surface area contributed by atoms with E-state index in [2.05, 4.69) is 59.0 Å². The summed E-state index contributed by atoms with van der Waals surface area (Å²) in [5.41, 5.74) is 1.01. The van der Waals surface area contributed by atoms with E-state index in [4.69, 9.17) is 4.42 Å². The Balaban J connectivity index is 1.71. The molecule has 0 bridgehead atoms. The van der Waals surface area contributed by atoms with E-state index >= 15 is 0 Å². The topological polar surface area (TPSA) is 13.1 Å². The molecule has 2 aromatic rings. The summed E-state index contributed by atoms with van der Waals surface area (Å²) in [6.45, 7) is 17.9. The smallest absolute Gasteiger partial charge is 0.159 e. The number of furan rings is 1. The number of para-hydroxylation sites is 1. The second-order valence-corrected chi connectivity index (χ2v) is 8.85. The van der Waals surface area contributed by atoms with Gasteiger partial charge in [-0.2, -0.15) is 0 Å². The number of fused-ring (bicyclic) bond motifs is 1. The van der Waals surface area contributed by atoms with Gasteiger partial charge in [0.05, 0.1) is 46.3 Å². The van der Waals surface area contributed by atoms with Crippen LogP contribution in [0, 0.1) is 0 Å².